The maximum Gasteiger partial charge on any atom is 0.326 e. The first kappa shape index (κ1) is 21.6. The van der Waals surface area contributed by atoms with E-state index in [4.69, 9.17) is 4.74 Å². The summed E-state index contributed by atoms with van der Waals surface area (Å²) in [5.74, 6) is 0.698. The van der Waals surface area contributed by atoms with Gasteiger partial charge in [0, 0.05) is 26.4 Å². The summed E-state index contributed by atoms with van der Waals surface area (Å²) in [7, 11) is -0.861. The van der Waals surface area contributed by atoms with E-state index in [0.29, 0.717) is 17.8 Å². The molecule has 0 spiro atoms. The molecule has 0 bridgehead atoms. The van der Waals surface area contributed by atoms with E-state index in [0.717, 1.165) is 34.2 Å². The molecule has 1 saturated carbocycles. The molecule has 0 saturated heterocycles. The molecule has 0 aliphatic heterocycles. The molecule has 7 nitrogen and oxygen atoms in total. The van der Waals surface area contributed by atoms with E-state index >= 15 is 0 Å². The second-order valence-electron chi connectivity index (χ2n) is 7.97. The van der Waals surface area contributed by atoms with Crippen LogP contribution in [0, 0.1) is 17.8 Å². The highest BCUT2D eigenvalue weighted by Crippen LogP contribution is 2.35. The van der Waals surface area contributed by atoms with Crippen LogP contribution in [0.4, 0.5) is 0 Å². The van der Waals surface area contributed by atoms with E-state index < -0.39 is 21.6 Å². The van der Waals surface area contributed by atoms with Crippen molar-refractivity contribution in [2.45, 2.75) is 57.6 Å². The van der Waals surface area contributed by atoms with Gasteiger partial charge in [0.1, 0.15) is 12.6 Å². The summed E-state index contributed by atoms with van der Waals surface area (Å²) in [4.78, 5) is 24.5. The van der Waals surface area contributed by atoms with Crippen LogP contribution in [-0.4, -0.2) is 43.5 Å². The van der Waals surface area contributed by atoms with Crippen molar-refractivity contribution in [3.8, 4) is 0 Å². The molecule has 1 aliphatic carbocycles. The Morgan fingerprint density at radius 3 is 2.56 bits per heavy atom. The fourth-order valence-electron chi connectivity index (χ4n) is 3.59. The first-order chi connectivity index (χ1) is 12.5. The molecule has 27 heavy (non-hydrogen) atoms. The number of pyridine rings is 1. The first-order valence-electron chi connectivity index (χ1n) is 9.35. The smallest absolute Gasteiger partial charge is 0.326 e. The maximum atomic E-state index is 12.5. The van der Waals surface area contributed by atoms with Crippen molar-refractivity contribution in [3.05, 3.63) is 28.7 Å². The monoisotopic (exact) mass is 398 g/mol. The number of nitrogens with zero attached hydrogens (tertiary/aromatic N) is 2. The number of esters is 1. The molecule has 1 aromatic heterocycles. The number of carbonyl (C=O) groups excluding carboxylic acids is 1. The molecule has 152 valence electrons. The third-order valence-electron chi connectivity index (χ3n) is 5.28. The minimum absolute atomic E-state index is 0.0359. The molecule has 1 heterocycles. The predicted octanol–water partition coefficient (Wildman–Crippen LogP) is 2.10. The number of carbonyl (C=O) groups is 1. The van der Waals surface area contributed by atoms with Crippen molar-refractivity contribution in [3.63, 3.8) is 0 Å². The minimum Gasteiger partial charge on any atom is -0.461 e. The Balaban J connectivity index is 2.16. The van der Waals surface area contributed by atoms with Crippen molar-refractivity contribution in [1.29, 1.82) is 0 Å². The van der Waals surface area contributed by atoms with Crippen LogP contribution in [0.3, 0.4) is 0 Å². The Labute approximate surface area is 161 Å². The second-order valence-corrected chi connectivity index (χ2v) is 10.1. The normalized spacial score (nSPS) is 23.6. The minimum atomic E-state index is -3.68. The zero-order valence-corrected chi connectivity index (χ0v) is 17.5. The van der Waals surface area contributed by atoms with Gasteiger partial charge in [0.25, 0.3) is 5.56 Å². The highest BCUT2D eigenvalue weighted by molar-refractivity contribution is 7.89. The van der Waals surface area contributed by atoms with Crippen LogP contribution in [0.25, 0.3) is 0 Å². The van der Waals surface area contributed by atoms with Gasteiger partial charge in [0.15, 0.2) is 0 Å². The van der Waals surface area contributed by atoms with Crippen molar-refractivity contribution < 1.29 is 17.9 Å². The van der Waals surface area contributed by atoms with E-state index in [1.807, 2.05) is 0 Å². The topological polar surface area (TPSA) is 85.7 Å². The van der Waals surface area contributed by atoms with Gasteiger partial charge < -0.3 is 9.30 Å². The van der Waals surface area contributed by atoms with E-state index in [1.165, 1.54) is 26.4 Å². The van der Waals surface area contributed by atoms with Gasteiger partial charge in [-0.1, -0.05) is 27.2 Å². The van der Waals surface area contributed by atoms with Gasteiger partial charge in [0.2, 0.25) is 10.0 Å². The number of sulfonamides is 1. The van der Waals surface area contributed by atoms with Crippen LogP contribution in [-0.2, 0) is 26.1 Å². The molecule has 8 heteroatoms. The molecular weight excluding hydrogens is 368 g/mol. The van der Waals surface area contributed by atoms with Crippen LogP contribution in [0.15, 0.2) is 28.0 Å². The molecule has 3 atom stereocenters. The molecule has 2 rings (SSSR count). The Morgan fingerprint density at radius 2 is 1.96 bits per heavy atom. The third-order valence-corrected chi connectivity index (χ3v) is 7.08. The van der Waals surface area contributed by atoms with Gasteiger partial charge in [-0.3, -0.25) is 9.59 Å². The van der Waals surface area contributed by atoms with Crippen molar-refractivity contribution in [2.24, 2.45) is 17.8 Å². The number of aromatic nitrogens is 1. The number of hydrogen-bond donors (Lipinski definition) is 0. The summed E-state index contributed by atoms with van der Waals surface area (Å²) in [6.07, 6.45) is 4.00. The fourth-order valence-corrected chi connectivity index (χ4v) is 4.51. The number of rotatable bonds is 6. The molecule has 1 aromatic rings. The van der Waals surface area contributed by atoms with Gasteiger partial charge in [-0.15, -0.1) is 0 Å². The molecule has 0 radical (unpaired) electrons. The van der Waals surface area contributed by atoms with Crippen molar-refractivity contribution in [2.75, 3.05) is 14.1 Å². The average molecular weight is 399 g/mol. The summed E-state index contributed by atoms with van der Waals surface area (Å²) < 4.78 is 32.4. The molecule has 0 aromatic carbocycles. The van der Waals surface area contributed by atoms with E-state index in [9.17, 15) is 18.0 Å². The van der Waals surface area contributed by atoms with Gasteiger partial charge in [0.05, 0.1) is 4.90 Å². The highest BCUT2D eigenvalue weighted by atomic mass is 32.2. The number of ether oxygens (including phenoxy) is 1. The second kappa shape index (κ2) is 8.56. The van der Waals surface area contributed by atoms with E-state index in [1.54, 1.807) is 0 Å². The van der Waals surface area contributed by atoms with Crippen molar-refractivity contribution in [1.82, 2.24) is 8.87 Å². The molecular formula is C19H30N2O5S. The van der Waals surface area contributed by atoms with E-state index in [-0.39, 0.29) is 17.5 Å². The molecule has 0 N–H and O–H groups in total. The van der Waals surface area contributed by atoms with Crippen LogP contribution in [0.2, 0.25) is 0 Å². The lowest BCUT2D eigenvalue weighted by Crippen LogP contribution is -2.37. The summed E-state index contributed by atoms with van der Waals surface area (Å²) in [6, 6.07) is 2.40. The molecule has 0 unspecified atom stereocenters. The fraction of sp³-hybridized carbons (Fsp3) is 0.684. The lowest BCUT2D eigenvalue weighted by Gasteiger charge is -2.36. The lowest BCUT2D eigenvalue weighted by molar-refractivity contribution is -0.156. The van der Waals surface area contributed by atoms with Gasteiger partial charge in [-0.25, -0.2) is 12.7 Å². The quantitative estimate of drug-likeness (QED) is 0.685. The standard InChI is InChI=1S/C19H30N2O5S/c1-13(2)16-8-6-14(3)10-17(16)26-19(23)12-21-11-15(7-9-18(21)22)27(24,25)20(4)5/h7,9,11,13-14,16-17H,6,8,10,12H2,1-5H3/t14-,16-,17-/m1/s1. The average Bonchev–Trinajstić information content (AvgIpc) is 2.56. The first-order valence-corrected chi connectivity index (χ1v) is 10.8. The largest absolute Gasteiger partial charge is 0.461 e. The molecule has 0 amide bonds. The summed E-state index contributed by atoms with van der Waals surface area (Å²) in [5, 5.41) is 0. The summed E-state index contributed by atoms with van der Waals surface area (Å²) >= 11 is 0. The van der Waals surface area contributed by atoms with Crippen LogP contribution < -0.4 is 5.56 Å². The third kappa shape index (κ3) is 5.19. The van der Waals surface area contributed by atoms with Crippen molar-refractivity contribution >= 4 is 16.0 Å². The van der Waals surface area contributed by atoms with E-state index in [2.05, 4.69) is 20.8 Å². The Bertz CT molecular complexity index is 829. The Morgan fingerprint density at radius 1 is 1.30 bits per heavy atom. The Hall–Kier alpha value is -1.67. The molecule has 1 fully saturated rings. The SMILES string of the molecule is CC(C)[C@H]1CC[C@@H](C)C[C@H]1OC(=O)Cn1cc(S(=O)(=O)N(C)C)ccc1=O. The zero-order valence-electron chi connectivity index (χ0n) is 16.7. The van der Waals surface area contributed by atoms with Crippen LogP contribution in [0.1, 0.15) is 40.0 Å². The zero-order chi connectivity index (χ0) is 20.4. The number of hydrogen-bond acceptors (Lipinski definition) is 5. The van der Waals surface area contributed by atoms with Gasteiger partial charge in [-0.05, 0) is 36.7 Å². The predicted molar refractivity (Wildman–Crippen MR) is 103 cm³/mol. The maximum absolute atomic E-state index is 12.5. The highest BCUT2D eigenvalue weighted by Gasteiger charge is 2.33. The lowest BCUT2D eigenvalue weighted by atomic mass is 9.75. The van der Waals surface area contributed by atoms with Crippen LogP contribution >= 0.6 is 0 Å². The molecule has 1 aliphatic rings. The summed E-state index contributed by atoms with van der Waals surface area (Å²) in [5.41, 5.74) is -0.443. The van der Waals surface area contributed by atoms with Gasteiger partial charge >= 0.3 is 5.97 Å². The van der Waals surface area contributed by atoms with Crippen LogP contribution in [0.5, 0.6) is 0 Å². The Kier molecular flexibility index (Phi) is 6.86. The summed E-state index contributed by atoms with van der Waals surface area (Å²) in [6.45, 7) is 6.10. The van der Waals surface area contributed by atoms with Gasteiger partial charge in [-0.2, -0.15) is 0 Å².